The summed E-state index contributed by atoms with van der Waals surface area (Å²) in [6.07, 6.45) is -2.30. The maximum atomic E-state index is 12.5. The number of pyridine rings is 1. The van der Waals surface area contributed by atoms with E-state index < -0.39 is 34.2 Å². The van der Waals surface area contributed by atoms with Crippen LogP contribution in [-0.4, -0.2) is 9.91 Å². The number of alkyl halides is 3. The first-order valence-corrected chi connectivity index (χ1v) is 4.46. The van der Waals surface area contributed by atoms with Gasteiger partial charge in [-0.3, -0.25) is 0 Å². The SMILES string of the molecule is N#Cc1c(C(F)F)cnc([N+](=O)[O-])c1CCl. The molecule has 5 nitrogen and oxygen atoms in total. The molecule has 1 aromatic rings. The molecule has 0 aliphatic rings. The monoisotopic (exact) mass is 247 g/mol. The van der Waals surface area contributed by atoms with Crippen molar-refractivity contribution in [3.05, 3.63) is 33.0 Å². The number of hydrogen-bond acceptors (Lipinski definition) is 4. The van der Waals surface area contributed by atoms with Crippen molar-refractivity contribution in [1.29, 1.82) is 5.26 Å². The summed E-state index contributed by atoms with van der Waals surface area (Å²) < 4.78 is 24.9. The Kier molecular flexibility index (Phi) is 3.68. The second kappa shape index (κ2) is 4.81. The average molecular weight is 248 g/mol. The minimum atomic E-state index is -2.93. The molecule has 84 valence electrons. The molecule has 0 fully saturated rings. The number of rotatable bonds is 3. The summed E-state index contributed by atoms with van der Waals surface area (Å²) in [5.41, 5.74) is -1.41. The van der Waals surface area contributed by atoms with Crippen molar-refractivity contribution in [3.8, 4) is 6.07 Å². The Labute approximate surface area is 93.4 Å². The van der Waals surface area contributed by atoms with E-state index in [1.807, 2.05) is 0 Å². The maximum Gasteiger partial charge on any atom is 0.369 e. The highest BCUT2D eigenvalue weighted by molar-refractivity contribution is 6.17. The molecule has 0 bridgehead atoms. The summed E-state index contributed by atoms with van der Waals surface area (Å²) >= 11 is 5.40. The van der Waals surface area contributed by atoms with E-state index in [0.29, 0.717) is 6.20 Å². The van der Waals surface area contributed by atoms with E-state index in [0.717, 1.165) is 0 Å². The Hall–Kier alpha value is -1.81. The molecular weight excluding hydrogens is 244 g/mol. The van der Waals surface area contributed by atoms with Gasteiger partial charge in [-0.05, 0) is 9.91 Å². The summed E-state index contributed by atoms with van der Waals surface area (Å²) in [7, 11) is 0. The van der Waals surface area contributed by atoms with E-state index in [2.05, 4.69) is 4.98 Å². The zero-order valence-electron chi connectivity index (χ0n) is 7.65. The fourth-order valence-corrected chi connectivity index (χ4v) is 1.39. The standard InChI is InChI=1S/C8H4ClF2N3O2/c9-1-4-5(2-12)6(7(10)11)3-13-8(4)14(15)16/h3,7H,1H2. The van der Waals surface area contributed by atoms with Gasteiger partial charge in [0.25, 0.3) is 6.43 Å². The Balaban J connectivity index is 3.54. The van der Waals surface area contributed by atoms with Gasteiger partial charge in [0.2, 0.25) is 0 Å². The first-order chi connectivity index (χ1) is 7.52. The van der Waals surface area contributed by atoms with Crippen LogP contribution in [0.1, 0.15) is 23.1 Å². The van der Waals surface area contributed by atoms with Crippen LogP contribution in [0.5, 0.6) is 0 Å². The van der Waals surface area contributed by atoms with Gasteiger partial charge in [-0.15, -0.1) is 11.6 Å². The highest BCUT2D eigenvalue weighted by Crippen LogP contribution is 2.29. The number of hydrogen-bond donors (Lipinski definition) is 0. The average Bonchev–Trinajstić information content (AvgIpc) is 2.26. The molecule has 0 radical (unpaired) electrons. The minimum absolute atomic E-state index is 0.285. The van der Waals surface area contributed by atoms with Crippen molar-refractivity contribution in [2.24, 2.45) is 0 Å². The van der Waals surface area contributed by atoms with E-state index in [1.54, 1.807) is 0 Å². The first kappa shape index (κ1) is 12.3. The van der Waals surface area contributed by atoms with Crippen LogP contribution in [0.4, 0.5) is 14.6 Å². The third-order valence-electron chi connectivity index (χ3n) is 1.84. The smallest absolute Gasteiger partial charge is 0.358 e. The van der Waals surface area contributed by atoms with Crippen LogP contribution in [0.2, 0.25) is 0 Å². The number of nitrogens with zero attached hydrogens (tertiary/aromatic N) is 3. The lowest BCUT2D eigenvalue weighted by Crippen LogP contribution is -2.04. The van der Waals surface area contributed by atoms with Gasteiger partial charge in [0.1, 0.15) is 6.07 Å². The number of nitro groups is 1. The van der Waals surface area contributed by atoms with Crippen LogP contribution < -0.4 is 0 Å². The Morgan fingerprint density at radius 1 is 1.69 bits per heavy atom. The lowest BCUT2D eigenvalue weighted by Gasteiger charge is -2.05. The highest BCUT2D eigenvalue weighted by Gasteiger charge is 2.26. The molecule has 1 rings (SSSR count). The first-order valence-electron chi connectivity index (χ1n) is 3.93. The van der Waals surface area contributed by atoms with Gasteiger partial charge in [0.15, 0.2) is 6.20 Å². The van der Waals surface area contributed by atoms with Crippen LogP contribution in [0.25, 0.3) is 0 Å². The van der Waals surface area contributed by atoms with E-state index in [-0.39, 0.29) is 5.56 Å². The molecule has 16 heavy (non-hydrogen) atoms. The van der Waals surface area contributed by atoms with E-state index in [9.17, 15) is 18.9 Å². The lowest BCUT2D eigenvalue weighted by atomic mass is 10.1. The summed E-state index contributed by atoms with van der Waals surface area (Å²) in [6, 6.07) is 1.48. The Morgan fingerprint density at radius 2 is 2.31 bits per heavy atom. The molecular formula is C8H4ClF2N3O2. The minimum Gasteiger partial charge on any atom is -0.358 e. The van der Waals surface area contributed by atoms with Crippen LogP contribution in [-0.2, 0) is 5.88 Å². The molecule has 0 amide bonds. The van der Waals surface area contributed by atoms with Crippen molar-refractivity contribution < 1.29 is 13.7 Å². The normalized spacial score (nSPS) is 10.2. The Morgan fingerprint density at radius 3 is 2.69 bits per heavy atom. The molecule has 0 atom stereocenters. The van der Waals surface area contributed by atoms with Gasteiger partial charge in [-0.25, -0.2) is 8.78 Å². The van der Waals surface area contributed by atoms with Crippen molar-refractivity contribution in [2.75, 3.05) is 0 Å². The van der Waals surface area contributed by atoms with Crippen molar-refractivity contribution >= 4 is 17.4 Å². The van der Waals surface area contributed by atoms with E-state index in [1.165, 1.54) is 6.07 Å². The largest absolute Gasteiger partial charge is 0.369 e. The third kappa shape index (κ3) is 2.06. The molecule has 0 aliphatic carbocycles. The molecule has 0 unspecified atom stereocenters. The van der Waals surface area contributed by atoms with Gasteiger partial charge in [0.05, 0.1) is 22.6 Å². The fourth-order valence-electron chi connectivity index (χ4n) is 1.14. The molecule has 0 spiro atoms. The molecule has 0 aromatic carbocycles. The van der Waals surface area contributed by atoms with Crippen LogP contribution in [0.15, 0.2) is 6.20 Å². The summed E-state index contributed by atoms with van der Waals surface area (Å²) in [5.74, 6) is -1.09. The number of nitriles is 1. The predicted octanol–water partition coefficient (Wildman–Crippen LogP) is 2.54. The molecule has 1 heterocycles. The third-order valence-corrected chi connectivity index (χ3v) is 2.11. The topological polar surface area (TPSA) is 79.8 Å². The van der Waals surface area contributed by atoms with Crippen LogP contribution in [0, 0.1) is 21.4 Å². The highest BCUT2D eigenvalue weighted by atomic mass is 35.5. The van der Waals surface area contributed by atoms with Crippen molar-refractivity contribution in [2.45, 2.75) is 12.3 Å². The molecule has 0 aliphatic heterocycles. The summed E-state index contributed by atoms with van der Waals surface area (Å²) in [4.78, 5) is 12.9. The second-order valence-electron chi connectivity index (χ2n) is 2.69. The van der Waals surface area contributed by atoms with Gasteiger partial charge in [0, 0.05) is 0 Å². The van der Waals surface area contributed by atoms with Gasteiger partial charge >= 0.3 is 5.82 Å². The molecule has 0 N–H and O–H groups in total. The number of halogens is 3. The van der Waals surface area contributed by atoms with Crippen LogP contribution >= 0.6 is 11.6 Å². The van der Waals surface area contributed by atoms with Crippen molar-refractivity contribution in [1.82, 2.24) is 4.98 Å². The zero-order valence-corrected chi connectivity index (χ0v) is 8.41. The summed E-state index contributed by atoms with van der Waals surface area (Å²) in [5, 5.41) is 19.2. The molecule has 0 saturated carbocycles. The number of aromatic nitrogens is 1. The van der Waals surface area contributed by atoms with Crippen LogP contribution in [0.3, 0.4) is 0 Å². The van der Waals surface area contributed by atoms with E-state index >= 15 is 0 Å². The van der Waals surface area contributed by atoms with Gasteiger partial charge in [-0.1, -0.05) is 0 Å². The second-order valence-corrected chi connectivity index (χ2v) is 2.96. The predicted molar refractivity (Wildman–Crippen MR) is 50.1 cm³/mol. The lowest BCUT2D eigenvalue weighted by molar-refractivity contribution is -0.390. The van der Waals surface area contributed by atoms with Gasteiger partial charge < -0.3 is 10.1 Å². The van der Waals surface area contributed by atoms with Gasteiger partial charge in [-0.2, -0.15) is 5.26 Å². The zero-order chi connectivity index (χ0) is 12.3. The molecule has 0 saturated heterocycles. The fraction of sp³-hybridized carbons (Fsp3) is 0.250. The maximum absolute atomic E-state index is 12.5. The quantitative estimate of drug-likeness (QED) is 0.467. The molecule has 8 heteroatoms. The summed E-state index contributed by atoms with van der Waals surface area (Å²) in [6.45, 7) is 0. The van der Waals surface area contributed by atoms with Crippen molar-refractivity contribution in [3.63, 3.8) is 0 Å². The Bertz CT molecular complexity index is 473. The van der Waals surface area contributed by atoms with E-state index in [4.69, 9.17) is 16.9 Å². The molecule has 1 aromatic heterocycles.